The number of carbonyl (C=O) groups excluding carboxylic acids is 1. The molecular formula is C17H20FN3O2. The Bertz CT molecular complexity index is 680. The molecule has 1 atom stereocenters. The number of nitrogens with zero attached hydrogens (tertiary/aromatic N) is 2. The van der Waals surface area contributed by atoms with Gasteiger partial charge in [-0.1, -0.05) is 12.1 Å². The third kappa shape index (κ3) is 3.59. The first-order valence-corrected chi connectivity index (χ1v) is 7.81. The Balaban J connectivity index is 1.76. The van der Waals surface area contributed by atoms with Crippen molar-refractivity contribution in [2.75, 3.05) is 20.2 Å². The molecule has 1 N–H and O–H groups in total. The Morgan fingerprint density at radius 1 is 1.48 bits per heavy atom. The maximum absolute atomic E-state index is 13.4. The Labute approximate surface area is 134 Å². The van der Waals surface area contributed by atoms with Gasteiger partial charge >= 0.3 is 0 Å². The molecule has 2 heterocycles. The minimum atomic E-state index is -0.348. The first-order valence-electron chi connectivity index (χ1n) is 7.81. The van der Waals surface area contributed by atoms with Crippen LogP contribution in [0.15, 0.2) is 30.5 Å². The normalized spacial score (nSPS) is 17.9. The summed E-state index contributed by atoms with van der Waals surface area (Å²) in [7, 11) is 1.75. The van der Waals surface area contributed by atoms with Crippen molar-refractivity contribution in [1.29, 1.82) is 0 Å². The second kappa shape index (κ2) is 6.91. The summed E-state index contributed by atoms with van der Waals surface area (Å²) < 4.78 is 19.1. The van der Waals surface area contributed by atoms with E-state index in [1.165, 1.54) is 18.3 Å². The number of H-pyrrole nitrogens is 1. The highest BCUT2D eigenvalue weighted by atomic mass is 19.1. The van der Waals surface area contributed by atoms with Crippen LogP contribution < -0.4 is 0 Å². The quantitative estimate of drug-likeness (QED) is 0.943. The van der Waals surface area contributed by atoms with Gasteiger partial charge in [0.25, 0.3) is 5.91 Å². The standard InChI is InChI=1S/C17H20FN3O2/c1-21(11-14-7-2-3-8-23-14)17(22)15-10-19-20-16(15)12-5-4-6-13(18)9-12/h4-6,9-10,14H,2-3,7-8,11H2,1H3,(H,19,20)/t14-/m0/s1. The number of hydrogen-bond donors (Lipinski definition) is 1. The van der Waals surface area contributed by atoms with E-state index in [4.69, 9.17) is 4.74 Å². The molecule has 1 fully saturated rings. The first kappa shape index (κ1) is 15.7. The monoisotopic (exact) mass is 317 g/mol. The largest absolute Gasteiger partial charge is 0.376 e. The summed E-state index contributed by atoms with van der Waals surface area (Å²) in [5.41, 5.74) is 1.58. The van der Waals surface area contributed by atoms with Crippen LogP contribution >= 0.6 is 0 Å². The molecule has 1 aliphatic rings. The topological polar surface area (TPSA) is 58.2 Å². The zero-order valence-electron chi connectivity index (χ0n) is 13.1. The Kier molecular flexibility index (Phi) is 4.71. The van der Waals surface area contributed by atoms with Crippen molar-refractivity contribution in [3.8, 4) is 11.3 Å². The number of hydrogen-bond acceptors (Lipinski definition) is 3. The Morgan fingerprint density at radius 3 is 3.09 bits per heavy atom. The van der Waals surface area contributed by atoms with Crippen molar-refractivity contribution < 1.29 is 13.9 Å². The van der Waals surface area contributed by atoms with E-state index in [9.17, 15) is 9.18 Å². The summed E-state index contributed by atoms with van der Waals surface area (Å²) in [6.07, 6.45) is 4.76. The highest BCUT2D eigenvalue weighted by Gasteiger charge is 2.23. The van der Waals surface area contributed by atoms with Gasteiger partial charge in [-0.2, -0.15) is 5.10 Å². The lowest BCUT2D eigenvalue weighted by molar-refractivity contribution is -0.000173. The number of amides is 1. The van der Waals surface area contributed by atoms with E-state index in [1.54, 1.807) is 24.1 Å². The summed E-state index contributed by atoms with van der Waals surface area (Å²) in [6, 6.07) is 6.11. The molecule has 1 aliphatic heterocycles. The molecule has 1 amide bonds. The van der Waals surface area contributed by atoms with Crippen molar-refractivity contribution in [2.45, 2.75) is 25.4 Å². The van der Waals surface area contributed by atoms with Crippen molar-refractivity contribution in [2.24, 2.45) is 0 Å². The van der Waals surface area contributed by atoms with Gasteiger partial charge in [-0.05, 0) is 31.4 Å². The molecule has 0 unspecified atom stereocenters. The number of carbonyl (C=O) groups is 1. The zero-order chi connectivity index (χ0) is 16.2. The second-order valence-corrected chi connectivity index (χ2v) is 5.84. The van der Waals surface area contributed by atoms with Crippen LogP contribution in [0.25, 0.3) is 11.3 Å². The fourth-order valence-electron chi connectivity index (χ4n) is 2.86. The summed E-state index contributed by atoms with van der Waals surface area (Å²) >= 11 is 0. The summed E-state index contributed by atoms with van der Waals surface area (Å²) in [4.78, 5) is 14.3. The minimum Gasteiger partial charge on any atom is -0.376 e. The third-order valence-electron chi connectivity index (χ3n) is 4.08. The maximum atomic E-state index is 13.4. The van der Waals surface area contributed by atoms with Crippen LogP contribution in [0.3, 0.4) is 0 Å². The molecule has 0 radical (unpaired) electrons. The molecule has 1 aromatic carbocycles. The van der Waals surface area contributed by atoms with E-state index in [0.717, 1.165) is 25.9 Å². The smallest absolute Gasteiger partial charge is 0.257 e. The van der Waals surface area contributed by atoms with Gasteiger partial charge in [0.2, 0.25) is 0 Å². The van der Waals surface area contributed by atoms with Crippen LogP contribution in [0, 0.1) is 5.82 Å². The summed E-state index contributed by atoms with van der Waals surface area (Å²) in [5, 5.41) is 6.75. The number of halogens is 1. The van der Waals surface area contributed by atoms with Crippen LogP contribution in [-0.4, -0.2) is 47.3 Å². The van der Waals surface area contributed by atoms with Gasteiger partial charge in [-0.15, -0.1) is 0 Å². The number of rotatable bonds is 4. The maximum Gasteiger partial charge on any atom is 0.257 e. The Morgan fingerprint density at radius 2 is 2.35 bits per heavy atom. The number of ether oxygens (including phenoxy) is 1. The molecule has 3 rings (SSSR count). The molecule has 2 aromatic rings. The van der Waals surface area contributed by atoms with Crippen molar-refractivity contribution in [3.63, 3.8) is 0 Å². The average molecular weight is 317 g/mol. The molecule has 0 saturated carbocycles. The van der Waals surface area contributed by atoms with Crippen molar-refractivity contribution in [3.05, 3.63) is 41.8 Å². The van der Waals surface area contributed by atoms with E-state index < -0.39 is 0 Å². The molecule has 1 saturated heterocycles. The van der Waals surface area contributed by atoms with Gasteiger partial charge in [-0.25, -0.2) is 4.39 Å². The lowest BCUT2D eigenvalue weighted by atomic mass is 10.1. The fraction of sp³-hybridized carbons (Fsp3) is 0.412. The SMILES string of the molecule is CN(C[C@@H]1CCCCO1)C(=O)c1cn[nH]c1-c1cccc(F)c1. The third-order valence-corrected chi connectivity index (χ3v) is 4.08. The predicted molar refractivity (Wildman–Crippen MR) is 84.5 cm³/mol. The molecule has 122 valence electrons. The van der Waals surface area contributed by atoms with E-state index in [1.807, 2.05) is 0 Å². The van der Waals surface area contributed by atoms with Crippen LogP contribution in [0.1, 0.15) is 29.6 Å². The van der Waals surface area contributed by atoms with E-state index >= 15 is 0 Å². The number of aromatic amines is 1. The van der Waals surface area contributed by atoms with Gasteiger partial charge in [0.1, 0.15) is 5.82 Å². The molecule has 6 heteroatoms. The number of likely N-dealkylation sites (N-methyl/N-ethyl adjacent to an activating group) is 1. The first-order chi connectivity index (χ1) is 11.1. The minimum absolute atomic E-state index is 0.0854. The van der Waals surface area contributed by atoms with Crippen molar-refractivity contribution in [1.82, 2.24) is 15.1 Å². The summed E-state index contributed by atoms with van der Waals surface area (Å²) in [6.45, 7) is 1.31. The molecule has 0 spiro atoms. The number of nitrogens with one attached hydrogen (secondary N) is 1. The summed E-state index contributed by atoms with van der Waals surface area (Å²) in [5.74, 6) is -0.494. The molecule has 0 aliphatic carbocycles. The molecule has 0 bridgehead atoms. The lowest BCUT2D eigenvalue weighted by Crippen LogP contribution is -2.37. The fourth-order valence-corrected chi connectivity index (χ4v) is 2.86. The van der Waals surface area contributed by atoms with Crippen LogP contribution in [0.4, 0.5) is 4.39 Å². The number of aromatic nitrogens is 2. The van der Waals surface area contributed by atoms with Crippen LogP contribution in [0.5, 0.6) is 0 Å². The van der Waals surface area contributed by atoms with Gasteiger partial charge in [0, 0.05) is 25.8 Å². The molecule has 23 heavy (non-hydrogen) atoms. The Hall–Kier alpha value is -2.21. The molecule has 5 nitrogen and oxygen atoms in total. The zero-order valence-corrected chi connectivity index (χ0v) is 13.1. The second-order valence-electron chi connectivity index (χ2n) is 5.84. The predicted octanol–water partition coefficient (Wildman–Crippen LogP) is 2.86. The van der Waals surface area contributed by atoms with E-state index in [-0.39, 0.29) is 17.8 Å². The highest BCUT2D eigenvalue weighted by Crippen LogP contribution is 2.23. The van der Waals surface area contributed by atoms with Crippen LogP contribution in [-0.2, 0) is 4.74 Å². The van der Waals surface area contributed by atoms with E-state index in [2.05, 4.69) is 10.2 Å². The molecule has 1 aromatic heterocycles. The number of benzene rings is 1. The van der Waals surface area contributed by atoms with E-state index in [0.29, 0.717) is 23.4 Å². The van der Waals surface area contributed by atoms with Gasteiger partial charge in [-0.3, -0.25) is 9.89 Å². The highest BCUT2D eigenvalue weighted by molar-refractivity contribution is 5.99. The molecular weight excluding hydrogens is 297 g/mol. The van der Waals surface area contributed by atoms with Crippen molar-refractivity contribution >= 4 is 5.91 Å². The lowest BCUT2D eigenvalue weighted by Gasteiger charge is -2.27. The van der Waals surface area contributed by atoms with Gasteiger partial charge < -0.3 is 9.64 Å². The average Bonchev–Trinajstić information content (AvgIpc) is 3.04. The van der Waals surface area contributed by atoms with Gasteiger partial charge in [0.05, 0.1) is 23.6 Å². The van der Waals surface area contributed by atoms with Crippen LogP contribution in [0.2, 0.25) is 0 Å². The van der Waals surface area contributed by atoms with Gasteiger partial charge in [0.15, 0.2) is 0 Å².